The number of carboxylic acids is 1. The zero-order valence-electron chi connectivity index (χ0n) is 12.4. The quantitative estimate of drug-likeness (QED) is 0.824. The molecule has 1 heterocycles. The first kappa shape index (κ1) is 15.8. The van der Waals surface area contributed by atoms with E-state index < -0.39 is 17.9 Å². The van der Waals surface area contributed by atoms with Crippen LogP contribution in [-0.2, 0) is 16.0 Å². The first-order valence-electron chi connectivity index (χ1n) is 7.16. The Bertz CT molecular complexity index is 607. The van der Waals surface area contributed by atoms with Crippen LogP contribution in [0.2, 0.25) is 0 Å². The van der Waals surface area contributed by atoms with Crippen molar-refractivity contribution in [1.29, 1.82) is 0 Å². The van der Waals surface area contributed by atoms with Crippen molar-refractivity contribution >= 4 is 11.9 Å². The second kappa shape index (κ2) is 7.45. The number of hydrogen-bond acceptors (Lipinski definition) is 3. The monoisotopic (exact) mass is 301 g/mol. The molecule has 0 spiro atoms. The molecule has 0 aliphatic heterocycles. The summed E-state index contributed by atoms with van der Waals surface area (Å²) in [4.78, 5) is 23.4. The average Bonchev–Trinajstić information content (AvgIpc) is 3.04. The zero-order valence-corrected chi connectivity index (χ0v) is 12.4. The number of aliphatic carboxylic acids is 1. The molecule has 22 heavy (non-hydrogen) atoms. The Labute approximate surface area is 129 Å². The second-order valence-electron chi connectivity index (χ2n) is 5.21. The lowest BCUT2D eigenvalue weighted by Crippen LogP contribution is -2.35. The molecule has 1 amide bonds. The molecular weight excluding hydrogens is 282 g/mol. The maximum absolute atomic E-state index is 12.1. The Kier molecular flexibility index (Phi) is 5.36. The minimum Gasteiger partial charge on any atom is -0.481 e. The Morgan fingerprint density at radius 2 is 1.95 bits per heavy atom. The van der Waals surface area contributed by atoms with E-state index in [1.54, 1.807) is 19.5 Å². The summed E-state index contributed by atoms with van der Waals surface area (Å²) >= 11 is 0. The highest BCUT2D eigenvalue weighted by Crippen LogP contribution is 2.22. The van der Waals surface area contributed by atoms with Crippen LogP contribution in [0.5, 0.6) is 0 Å². The molecule has 5 heteroatoms. The number of rotatable bonds is 7. The lowest BCUT2D eigenvalue weighted by Gasteiger charge is -2.23. The predicted molar refractivity (Wildman–Crippen MR) is 81.2 cm³/mol. The number of nitrogens with one attached hydrogen (secondary N) is 1. The first-order valence-corrected chi connectivity index (χ1v) is 7.16. The van der Waals surface area contributed by atoms with Crippen LogP contribution >= 0.6 is 0 Å². The molecule has 0 fully saturated rings. The van der Waals surface area contributed by atoms with Crippen LogP contribution in [-0.4, -0.2) is 17.0 Å². The highest BCUT2D eigenvalue weighted by molar-refractivity contribution is 5.78. The van der Waals surface area contributed by atoms with Crippen LogP contribution in [0, 0.1) is 5.92 Å². The molecule has 5 nitrogen and oxygen atoms in total. The van der Waals surface area contributed by atoms with Crippen LogP contribution in [0.25, 0.3) is 0 Å². The molecule has 2 aromatic rings. The van der Waals surface area contributed by atoms with Gasteiger partial charge in [-0.25, -0.2) is 0 Å². The number of carboxylic acid groups (broad SMARTS) is 1. The summed E-state index contributed by atoms with van der Waals surface area (Å²) in [5.74, 6) is -1.83. The molecule has 0 radical (unpaired) electrons. The fourth-order valence-corrected chi connectivity index (χ4v) is 2.24. The van der Waals surface area contributed by atoms with Gasteiger partial charge in [-0.2, -0.15) is 0 Å². The van der Waals surface area contributed by atoms with Crippen molar-refractivity contribution in [3.63, 3.8) is 0 Å². The Hall–Kier alpha value is -2.56. The zero-order chi connectivity index (χ0) is 15.9. The molecule has 1 aromatic carbocycles. The van der Waals surface area contributed by atoms with Gasteiger partial charge in [0.1, 0.15) is 0 Å². The van der Waals surface area contributed by atoms with Crippen molar-refractivity contribution in [2.24, 2.45) is 5.92 Å². The van der Waals surface area contributed by atoms with Gasteiger partial charge in [-0.3, -0.25) is 9.59 Å². The predicted octanol–water partition coefficient (Wildman–Crippen LogP) is 2.79. The molecule has 2 rings (SSSR count). The van der Waals surface area contributed by atoms with E-state index in [1.807, 2.05) is 36.4 Å². The van der Waals surface area contributed by atoms with Crippen molar-refractivity contribution in [2.75, 3.05) is 0 Å². The molecule has 0 aliphatic carbocycles. The Balaban J connectivity index is 2.02. The topological polar surface area (TPSA) is 79.5 Å². The number of aryl methyl sites for hydroxylation is 1. The molecule has 2 atom stereocenters. The van der Waals surface area contributed by atoms with E-state index in [-0.39, 0.29) is 12.3 Å². The largest absolute Gasteiger partial charge is 0.481 e. The van der Waals surface area contributed by atoms with E-state index in [0.29, 0.717) is 6.42 Å². The molecular formula is C17H19NO4. The van der Waals surface area contributed by atoms with Gasteiger partial charge < -0.3 is 14.8 Å². The van der Waals surface area contributed by atoms with Crippen molar-refractivity contribution in [1.82, 2.24) is 5.32 Å². The SMILES string of the molecule is CC(C(=O)O)C(NC(=O)CCc1ccoc1)c1ccccc1. The minimum absolute atomic E-state index is 0.178. The lowest BCUT2D eigenvalue weighted by molar-refractivity contribution is -0.142. The summed E-state index contributed by atoms with van der Waals surface area (Å²) in [5, 5.41) is 12.1. The van der Waals surface area contributed by atoms with E-state index in [1.165, 1.54) is 0 Å². The van der Waals surface area contributed by atoms with Gasteiger partial charge in [0.25, 0.3) is 0 Å². The Morgan fingerprint density at radius 1 is 1.23 bits per heavy atom. The Morgan fingerprint density at radius 3 is 2.55 bits per heavy atom. The van der Waals surface area contributed by atoms with E-state index in [0.717, 1.165) is 11.1 Å². The molecule has 2 unspecified atom stereocenters. The summed E-state index contributed by atoms with van der Waals surface area (Å²) in [5.41, 5.74) is 1.73. The number of amides is 1. The van der Waals surface area contributed by atoms with Gasteiger partial charge in [0.15, 0.2) is 0 Å². The van der Waals surface area contributed by atoms with Crippen LogP contribution in [0.4, 0.5) is 0 Å². The summed E-state index contributed by atoms with van der Waals surface area (Å²) in [6, 6.07) is 10.4. The highest BCUT2D eigenvalue weighted by atomic mass is 16.4. The van der Waals surface area contributed by atoms with E-state index in [4.69, 9.17) is 4.42 Å². The summed E-state index contributed by atoms with van der Waals surface area (Å²) in [6.45, 7) is 1.59. The van der Waals surface area contributed by atoms with Gasteiger partial charge in [0.2, 0.25) is 5.91 Å². The molecule has 0 bridgehead atoms. The maximum Gasteiger partial charge on any atom is 0.308 e. The minimum atomic E-state index is -0.941. The molecule has 0 aliphatic rings. The lowest BCUT2D eigenvalue weighted by atomic mass is 9.94. The summed E-state index contributed by atoms with van der Waals surface area (Å²) < 4.78 is 4.96. The van der Waals surface area contributed by atoms with E-state index in [2.05, 4.69) is 5.32 Å². The van der Waals surface area contributed by atoms with Gasteiger partial charge in [-0.15, -0.1) is 0 Å². The third-order valence-electron chi connectivity index (χ3n) is 3.59. The van der Waals surface area contributed by atoms with Crippen LogP contribution in [0.3, 0.4) is 0 Å². The van der Waals surface area contributed by atoms with Gasteiger partial charge >= 0.3 is 5.97 Å². The molecule has 0 saturated heterocycles. The second-order valence-corrected chi connectivity index (χ2v) is 5.21. The number of furan rings is 1. The van der Waals surface area contributed by atoms with Crippen molar-refractivity contribution < 1.29 is 19.1 Å². The smallest absolute Gasteiger partial charge is 0.308 e. The normalized spacial score (nSPS) is 13.3. The van der Waals surface area contributed by atoms with Gasteiger partial charge in [-0.1, -0.05) is 30.3 Å². The number of carbonyl (C=O) groups is 2. The van der Waals surface area contributed by atoms with E-state index >= 15 is 0 Å². The third kappa shape index (κ3) is 4.22. The van der Waals surface area contributed by atoms with Crippen molar-refractivity contribution in [2.45, 2.75) is 25.8 Å². The third-order valence-corrected chi connectivity index (χ3v) is 3.59. The van der Waals surface area contributed by atoms with Gasteiger partial charge in [-0.05, 0) is 30.5 Å². The van der Waals surface area contributed by atoms with Gasteiger partial charge in [0, 0.05) is 6.42 Å². The van der Waals surface area contributed by atoms with Crippen LogP contribution in [0.15, 0.2) is 53.3 Å². The van der Waals surface area contributed by atoms with Crippen LogP contribution < -0.4 is 5.32 Å². The fraction of sp³-hybridized carbons (Fsp3) is 0.294. The number of carbonyl (C=O) groups excluding carboxylic acids is 1. The van der Waals surface area contributed by atoms with E-state index in [9.17, 15) is 14.7 Å². The van der Waals surface area contributed by atoms with Crippen LogP contribution in [0.1, 0.15) is 30.5 Å². The molecule has 0 saturated carbocycles. The summed E-state index contributed by atoms with van der Waals surface area (Å²) in [7, 11) is 0. The van der Waals surface area contributed by atoms with Crippen molar-refractivity contribution in [3.05, 3.63) is 60.1 Å². The molecule has 116 valence electrons. The molecule has 2 N–H and O–H groups in total. The average molecular weight is 301 g/mol. The van der Waals surface area contributed by atoms with Gasteiger partial charge in [0.05, 0.1) is 24.5 Å². The fourth-order valence-electron chi connectivity index (χ4n) is 2.24. The maximum atomic E-state index is 12.1. The highest BCUT2D eigenvalue weighted by Gasteiger charge is 2.26. The van der Waals surface area contributed by atoms with Crippen molar-refractivity contribution in [3.8, 4) is 0 Å². The standard InChI is InChI=1S/C17H19NO4/c1-12(17(20)21)16(14-5-3-2-4-6-14)18-15(19)8-7-13-9-10-22-11-13/h2-6,9-12,16H,7-8H2,1H3,(H,18,19)(H,20,21). The first-order chi connectivity index (χ1) is 10.6. The summed E-state index contributed by atoms with van der Waals surface area (Å²) in [6.07, 6.45) is 4.01. The number of hydrogen-bond donors (Lipinski definition) is 2. The molecule has 1 aromatic heterocycles. The number of benzene rings is 1.